The second-order valence-electron chi connectivity index (χ2n) is 5.36. The molecule has 2 N–H and O–H groups in total. The fourth-order valence-corrected chi connectivity index (χ4v) is 2.84. The van der Waals surface area contributed by atoms with Crippen molar-refractivity contribution in [2.45, 2.75) is 0 Å². The predicted molar refractivity (Wildman–Crippen MR) is 95.9 cm³/mol. The van der Waals surface area contributed by atoms with Crippen molar-refractivity contribution in [3.63, 3.8) is 0 Å². The lowest BCUT2D eigenvalue weighted by Gasteiger charge is -2.08. The molecular formula is C15H8BrN7O4. The SMILES string of the molecule is O=C(Nc1ccc(Br)cc1-c1nnn[nH]1)c1noc2ccc([N+](=O)[O-])cc12. The number of H-pyrrole nitrogens is 1. The number of tetrazole rings is 1. The minimum atomic E-state index is -0.592. The van der Waals surface area contributed by atoms with Gasteiger partial charge in [-0.25, -0.2) is 5.10 Å². The molecule has 0 aliphatic heterocycles. The number of nitrogens with one attached hydrogen (secondary N) is 2. The molecule has 2 aromatic carbocycles. The van der Waals surface area contributed by atoms with Crippen molar-refractivity contribution in [1.82, 2.24) is 25.8 Å². The zero-order valence-electron chi connectivity index (χ0n) is 13.2. The number of amides is 1. The zero-order chi connectivity index (χ0) is 19.0. The normalized spacial score (nSPS) is 10.9. The maximum atomic E-state index is 12.7. The quantitative estimate of drug-likeness (QED) is 0.370. The van der Waals surface area contributed by atoms with E-state index in [4.69, 9.17) is 4.52 Å². The Morgan fingerprint density at radius 1 is 1.26 bits per heavy atom. The average Bonchev–Trinajstić information content (AvgIpc) is 3.32. The Bertz CT molecular complexity index is 1170. The number of fused-ring (bicyclic) bond motifs is 1. The minimum absolute atomic E-state index is 0.0711. The Kier molecular flexibility index (Phi) is 4.08. The molecule has 0 aliphatic carbocycles. The van der Waals surface area contributed by atoms with Crippen LogP contribution in [0.1, 0.15) is 10.5 Å². The molecule has 0 atom stereocenters. The van der Waals surface area contributed by atoms with Gasteiger partial charge < -0.3 is 9.84 Å². The number of hydrogen-bond donors (Lipinski definition) is 2. The van der Waals surface area contributed by atoms with Gasteiger partial charge in [-0.1, -0.05) is 21.1 Å². The molecule has 0 unspecified atom stereocenters. The van der Waals surface area contributed by atoms with Crippen LogP contribution in [0.25, 0.3) is 22.4 Å². The lowest BCUT2D eigenvalue weighted by atomic mass is 10.1. The van der Waals surface area contributed by atoms with E-state index in [1.807, 2.05) is 0 Å². The maximum Gasteiger partial charge on any atom is 0.278 e. The molecule has 2 aromatic heterocycles. The van der Waals surface area contributed by atoms with E-state index in [-0.39, 0.29) is 22.4 Å². The highest BCUT2D eigenvalue weighted by Gasteiger charge is 2.21. The topological polar surface area (TPSA) is 153 Å². The first-order chi connectivity index (χ1) is 13.0. The second kappa shape index (κ2) is 6.57. The number of halogens is 1. The fraction of sp³-hybridized carbons (Fsp3) is 0. The van der Waals surface area contributed by atoms with Crippen LogP contribution >= 0.6 is 15.9 Å². The van der Waals surface area contributed by atoms with Crippen LogP contribution in [0, 0.1) is 10.1 Å². The first-order valence-electron chi connectivity index (χ1n) is 7.42. The van der Waals surface area contributed by atoms with Gasteiger partial charge in [-0.2, -0.15) is 0 Å². The highest BCUT2D eigenvalue weighted by molar-refractivity contribution is 9.10. The van der Waals surface area contributed by atoms with Crippen LogP contribution in [0.5, 0.6) is 0 Å². The largest absolute Gasteiger partial charge is 0.355 e. The highest BCUT2D eigenvalue weighted by atomic mass is 79.9. The molecule has 0 saturated heterocycles. The summed E-state index contributed by atoms with van der Waals surface area (Å²) in [7, 11) is 0. The van der Waals surface area contributed by atoms with Crippen molar-refractivity contribution >= 4 is 44.2 Å². The second-order valence-corrected chi connectivity index (χ2v) is 6.28. The number of nitro benzene ring substituents is 1. The predicted octanol–water partition coefficient (Wildman–Crippen LogP) is 2.93. The molecule has 12 heteroatoms. The van der Waals surface area contributed by atoms with Crippen LogP contribution in [0.2, 0.25) is 0 Å². The van der Waals surface area contributed by atoms with E-state index in [1.165, 1.54) is 18.2 Å². The molecular weight excluding hydrogens is 422 g/mol. The molecule has 27 heavy (non-hydrogen) atoms. The maximum absolute atomic E-state index is 12.7. The van der Waals surface area contributed by atoms with E-state index in [2.05, 4.69) is 47.0 Å². The van der Waals surface area contributed by atoms with Crippen LogP contribution in [0.3, 0.4) is 0 Å². The number of nitro groups is 1. The minimum Gasteiger partial charge on any atom is -0.355 e. The summed E-state index contributed by atoms with van der Waals surface area (Å²) in [6.45, 7) is 0. The van der Waals surface area contributed by atoms with Crippen LogP contribution < -0.4 is 5.32 Å². The van der Waals surface area contributed by atoms with Crippen molar-refractivity contribution in [3.8, 4) is 11.4 Å². The van der Waals surface area contributed by atoms with Crippen molar-refractivity contribution in [3.05, 3.63) is 56.7 Å². The van der Waals surface area contributed by atoms with E-state index in [0.717, 1.165) is 4.47 Å². The third-order valence-electron chi connectivity index (χ3n) is 3.71. The first kappa shape index (κ1) is 16.8. The van der Waals surface area contributed by atoms with Gasteiger partial charge >= 0.3 is 0 Å². The van der Waals surface area contributed by atoms with Gasteiger partial charge in [0.2, 0.25) is 0 Å². The summed E-state index contributed by atoms with van der Waals surface area (Å²) in [5.41, 5.74) is 0.987. The van der Waals surface area contributed by atoms with Crippen LogP contribution in [0.15, 0.2) is 45.4 Å². The van der Waals surface area contributed by atoms with Crippen LogP contribution in [-0.2, 0) is 0 Å². The van der Waals surface area contributed by atoms with Gasteiger partial charge in [0.25, 0.3) is 11.6 Å². The molecule has 0 aliphatic rings. The molecule has 4 aromatic rings. The van der Waals surface area contributed by atoms with Gasteiger partial charge in [0, 0.05) is 22.2 Å². The summed E-state index contributed by atoms with van der Waals surface area (Å²) in [5.74, 6) is -0.238. The van der Waals surface area contributed by atoms with Gasteiger partial charge in [-0.05, 0) is 34.7 Å². The lowest BCUT2D eigenvalue weighted by Crippen LogP contribution is -2.13. The summed E-state index contributed by atoms with van der Waals surface area (Å²) in [5, 5.41) is 31.2. The molecule has 2 heterocycles. The standard InChI is InChI=1S/C15H8BrN7O4/c16-7-1-3-11(9(5-7)14-18-21-22-19-14)17-15(24)13-10-6-8(23(25)26)2-4-12(10)27-20-13/h1-6H,(H,17,24)(H,18,19,21,22). The van der Waals surface area contributed by atoms with Crippen molar-refractivity contribution in [2.24, 2.45) is 0 Å². The Hall–Kier alpha value is -3.67. The number of nitrogens with zero attached hydrogens (tertiary/aromatic N) is 5. The third kappa shape index (κ3) is 3.13. The molecule has 134 valence electrons. The molecule has 0 spiro atoms. The van der Waals surface area contributed by atoms with Crippen molar-refractivity contribution in [1.29, 1.82) is 0 Å². The average molecular weight is 430 g/mol. The number of carbonyl (C=O) groups is 1. The third-order valence-corrected chi connectivity index (χ3v) is 4.20. The number of non-ortho nitro benzene ring substituents is 1. The number of hydrogen-bond acceptors (Lipinski definition) is 8. The van der Waals surface area contributed by atoms with E-state index in [9.17, 15) is 14.9 Å². The van der Waals surface area contributed by atoms with Gasteiger partial charge in [0.1, 0.15) is 0 Å². The number of aromatic amines is 1. The number of aromatic nitrogens is 5. The molecule has 0 radical (unpaired) electrons. The number of rotatable bonds is 4. The van der Waals surface area contributed by atoms with Crippen molar-refractivity contribution in [2.75, 3.05) is 5.32 Å². The monoisotopic (exact) mass is 429 g/mol. The molecule has 0 saturated carbocycles. The number of benzene rings is 2. The van der Waals surface area contributed by atoms with Gasteiger partial charge in [-0.3, -0.25) is 14.9 Å². The van der Waals surface area contributed by atoms with E-state index < -0.39 is 10.8 Å². The van der Waals surface area contributed by atoms with Crippen LogP contribution in [-0.4, -0.2) is 36.6 Å². The number of carbonyl (C=O) groups excluding carboxylic acids is 1. The van der Waals surface area contributed by atoms with Crippen LogP contribution in [0.4, 0.5) is 11.4 Å². The van der Waals surface area contributed by atoms with E-state index in [0.29, 0.717) is 17.1 Å². The summed E-state index contributed by atoms with van der Waals surface area (Å²) in [6, 6.07) is 9.02. The molecule has 0 fully saturated rings. The van der Waals surface area contributed by atoms with Gasteiger partial charge in [-0.15, -0.1) is 5.10 Å². The number of anilines is 1. The zero-order valence-corrected chi connectivity index (χ0v) is 14.8. The van der Waals surface area contributed by atoms with Gasteiger partial charge in [0.05, 0.1) is 16.0 Å². The molecule has 1 amide bonds. The Morgan fingerprint density at radius 3 is 2.85 bits per heavy atom. The molecule has 11 nitrogen and oxygen atoms in total. The smallest absolute Gasteiger partial charge is 0.278 e. The van der Waals surface area contributed by atoms with E-state index >= 15 is 0 Å². The summed E-state index contributed by atoms with van der Waals surface area (Å²) >= 11 is 3.35. The summed E-state index contributed by atoms with van der Waals surface area (Å²) < 4.78 is 5.84. The Balaban J connectivity index is 1.72. The molecule has 4 rings (SSSR count). The Morgan fingerprint density at radius 2 is 2.11 bits per heavy atom. The van der Waals surface area contributed by atoms with Gasteiger partial charge in [0.15, 0.2) is 17.1 Å². The fourth-order valence-electron chi connectivity index (χ4n) is 2.48. The summed E-state index contributed by atoms with van der Waals surface area (Å²) in [6.07, 6.45) is 0. The first-order valence-corrected chi connectivity index (χ1v) is 8.21. The molecule has 0 bridgehead atoms. The lowest BCUT2D eigenvalue weighted by molar-refractivity contribution is -0.384. The van der Waals surface area contributed by atoms with Crippen molar-refractivity contribution < 1.29 is 14.2 Å². The Labute approximate surface area is 158 Å². The summed E-state index contributed by atoms with van der Waals surface area (Å²) in [4.78, 5) is 23.1. The highest BCUT2D eigenvalue weighted by Crippen LogP contribution is 2.30. The van der Waals surface area contributed by atoms with E-state index in [1.54, 1.807) is 18.2 Å².